The number of benzene rings is 1. The highest BCUT2D eigenvalue weighted by Crippen LogP contribution is 2.35. The van der Waals surface area contributed by atoms with Gasteiger partial charge in [-0.2, -0.15) is 5.26 Å². The highest BCUT2D eigenvalue weighted by molar-refractivity contribution is 5.98. The van der Waals surface area contributed by atoms with Gasteiger partial charge in [-0.25, -0.2) is 4.99 Å². The van der Waals surface area contributed by atoms with Crippen molar-refractivity contribution in [3.8, 4) is 6.07 Å². The van der Waals surface area contributed by atoms with Crippen molar-refractivity contribution in [2.24, 2.45) is 16.6 Å². The van der Waals surface area contributed by atoms with E-state index in [-0.39, 0.29) is 17.8 Å². The van der Waals surface area contributed by atoms with Crippen LogP contribution in [-0.4, -0.2) is 36.9 Å². The van der Waals surface area contributed by atoms with Gasteiger partial charge >= 0.3 is 0 Å². The summed E-state index contributed by atoms with van der Waals surface area (Å²) in [6.07, 6.45) is 1.20. The zero-order chi connectivity index (χ0) is 16.6. The second kappa shape index (κ2) is 5.58. The molecule has 0 spiro atoms. The van der Waals surface area contributed by atoms with Crippen molar-refractivity contribution < 1.29 is 4.79 Å². The molecule has 0 radical (unpaired) electrons. The zero-order valence-corrected chi connectivity index (χ0v) is 13.5. The second-order valence-electron chi connectivity index (χ2n) is 6.48. The number of anilines is 1. The lowest BCUT2D eigenvalue weighted by Gasteiger charge is -2.34. The molecule has 1 fully saturated rings. The average Bonchev–Trinajstić information content (AvgIpc) is 3.02. The number of nitrogens with two attached hydrogens (primary N) is 1. The Hall–Kier alpha value is -2.55. The van der Waals surface area contributed by atoms with Gasteiger partial charge in [0.25, 0.3) is 0 Å². The van der Waals surface area contributed by atoms with Crippen LogP contribution >= 0.6 is 0 Å². The van der Waals surface area contributed by atoms with Crippen LogP contribution in [0.4, 0.5) is 5.69 Å². The first-order valence-corrected chi connectivity index (χ1v) is 7.80. The molecule has 2 aliphatic rings. The van der Waals surface area contributed by atoms with E-state index in [1.165, 1.54) is 4.90 Å². The number of rotatable bonds is 2. The molecule has 1 saturated heterocycles. The molecular formula is C17H21N5O. The molecule has 3 rings (SSSR count). The number of amides is 1. The van der Waals surface area contributed by atoms with Crippen molar-refractivity contribution in [1.82, 2.24) is 4.90 Å². The molecule has 1 amide bonds. The van der Waals surface area contributed by atoms with Crippen molar-refractivity contribution >= 4 is 17.6 Å². The third-order valence-corrected chi connectivity index (χ3v) is 4.78. The van der Waals surface area contributed by atoms with E-state index in [1.807, 2.05) is 25.1 Å². The minimum Gasteiger partial charge on any atom is -0.370 e. The van der Waals surface area contributed by atoms with E-state index >= 15 is 0 Å². The molecule has 0 bridgehead atoms. The maximum Gasteiger partial charge on any atom is 0.231 e. The Bertz CT molecular complexity index is 707. The maximum absolute atomic E-state index is 12.1. The van der Waals surface area contributed by atoms with Crippen molar-refractivity contribution in [3.63, 3.8) is 0 Å². The van der Waals surface area contributed by atoms with E-state index in [0.717, 1.165) is 30.8 Å². The highest BCUT2D eigenvalue weighted by Gasteiger charge is 2.36. The quantitative estimate of drug-likeness (QED) is 0.895. The molecule has 2 N–H and O–H groups in total. The van der Waals surface area contributed by atoms with Crippen LogP contribution in [0.3, 0.4) is 0 Å². The van der Waals surface area contributed by atoms with Crippen molar-refractivity contribution in [2.45, 2.75) is 25.3 Å². The molecule has 1 unspecified atom stereocenters. The zero-order valence-electron chi connectivity index (χ0n) is 13.5. The summed E-state index contributed by atoms with van der Waals surface area (Å²) in [6.45, 7) is 3.57. The number of hydrogen-bond acceptors (Lipinski definition) is 5. The van der Waals surface area contributed by atoms with E-state index in [0.29, 0.717) is 6.42 Å². The van der Waals surface area contributed by atoms with Crippen LogP contribution < -0.4 is 10.6 Å². The third kappa shape index (κ3) is 2.74. The SMILES string of the molecule is CN1C(=O)C[C@@](C)(c2cccc(N3CCC(C#N)C3)c2)N=C1N. The fourth-order valence-corrected chi connectivity index (χ4v) is 3.21. The number of aliphatic imine (C=N–C) groups is 1. The summed E-state index contributed by atoms with van der Waals surface area (Å²) >= 11 is 0. The lowest BCUT2D eigenvalue weighted by atomic mass is 9.87. The van der Waals surface area contributed by atoms with Gasteiger partial charge in [0, 0.05) is 25.8 Å². The first kappa shape index (κ1) is 15.3. The van der Waals surface area contributed by atoms with E-state index in [2.05, 4.69) is 22.0 Å². The second-order valence-corrected chi connectivity index (χ2v) is 6.48. The Labute approximate surface area is 136 Å². The molecule has 120 valence electrons. The summed E-state index contributed by atoms with van der Waals surface area (Å²) in [7, 11) is 1.64. The molecule has 6 heteroatoms. The number of guanidine groups is 1. The smallest absolute Gasteiger partial charge is 0.231 e. The Morgan fingerprint density at radius 3 is 2.91 bits per heavy atom. The number of nitriles is 1. The van der Waals surface area contributed by atoms with Gasteiger partial charge in [0.15, 0.2) is 5.96 Å². The summed E-state index contributed by atoms with van der Waals surface area (Å²) in [5.74, 6) is 0.309. The summed E-state index contributed by atoms with van der Waals surface area (Å²) in [4.78, 5) is 20.3. The van der Waals surface area contributed by atoms with Gasteiger partial charge in [-0.3, -0.25) is 9.69 Å². The van der Waals surface area contributed by atoms with Crippen LogP contribution in [-0.2, 0) is 10.3 Å². The molecule has 1 aromatic carbocycles. The summed E-state index contributed by atoms with van der Waals surface area (Å²) in [5.41, 5.74) is 7.29. The summed E-state index contributed by atoms with van der Waals surface area (Å²) in [6, 6.07) is 10.4. The third-order valence-electron chi connectivity index (χ3n) is 4.78. The molecule has 6 nitrogen and oxygen atoms in total. The minimum atomic E-state index is -0.641. The lowest BCUT2D eigenvalue weighted by molar-refractivity contribution is -0.128. The van der Waals surface area contributed by atoms with E-state index in [4.69, 9.17) is 11.0 Å². The van der Waals surface area contributed by atoms with E-state index in [9.17, 15) is 4.79 Å². The van der Waals surface area contributed by atoms with Crippen LogP contribution in [0.5, 0.6) is 0 Å². The Morgan fingerprint density at radius 2 is 2.26 bits per heavy atom. The molecule has 2 aliphatic heterocycles. The van der Waals surface area contributed by atoms with Crippen LogP contribution in [0.2, 0.25) is 0 Å². The molecule has 2 atom stereocenters. The predicted octanol–water partition coefficient (Wildman–Crippen LogP) is 1.43. The molecule has 23 heavy (non-hydrogen) atoms. The first-order chi connectivity index (χ1) is 10.9. The van der Waals surface area contributed by atoms with Crippen molar-refractivity contribution in [1.29, 1.82) is 5.26 Å². The Balaban J connectivity index is 1.91. The van der Waals surface area contributed by atoms with Gasteiger partial charge in [0.05, 0.1) is 23.9 Å². The molecule has 0 aromatic heterocycles. The Morgan fingerprint density at radius 1 is 1.48 bits per heavy atom. The molecule has 0 aliphatic carbocycles. The number of hydrogen-bond donors (Lipinski definition) is 1. The number of carbonyl (C=O) groups excluding carboxylic acids is 1. The van der Waals surface area contributed by atoms with Gasteiger partial charge in [-0.1, -0.05) is 12.1 Å². The van der Waals surface area contributed by atoms with Gasteiger partial charge in [-0.15, -0.1) is 0 Å². The topological polar surface area (TPSA) is 85.7 Å². The fraction of sp³-hybridized carbons (Fsp3) is 0.471. The van der Waals surface area contributed by atoms with Gasteiger partial charge < -0.3 is 10.6 Å². The van der Waals surface area contributed by atoms with E-state index in [1.54, 1.807) is 7.05 Å². The van der Waals surface area contributed by atoms with Gasteiger partial charge in [0.1, 0.15) is 0 Å². The molecule has 2 heterocycles. The van der Waals surface area contributed by atoms with Gasteiger partial charge in [0.2, 0.25) is 5.91 Å². The number of nitrogens with zero attached hydrogens (tertiary/aromatic N) is 4. The van der Waals surface area contributed by atoms with Crippen molar-refractivity contribution in [3.05, 3.63) is 29.8 Å². The monoisotopic (exact) mass is 311 g/mol. The molecule has 0 saturated carbocycles. The van der Waals surface area contributed by atoms with Crippen LogP contribution in [0, 0.1) is 17.2 Å². The van der Waals surface area contributed by atoms with Gasteiger partial charge in [-0.05, 0) is 31.0 Å². The maximum atomic E-state index is 12.1. The van der Waals surface area contributed by atoms with Crippen LogP contribution in [0.15, 0.2) is 29.3 Å². The first-order valence-electron chi connectivity index (χ1n) is 7.80. The predicted molar refractivity (Wildman–Crippen MR) is 88.7 cm³/mol. The number of carbonyl (C=O) groups is 1. The Kier molecular flexibility index (Phi) is 3.72. The summed E-state index contributed by atoms with van der Waals surface area (Å²) in [5, 5.41) is 9.06. The molecular weight excluding hydrogens is 290 g/mol. The average molecular weight is 311 g/mol. The van der Waals surface area contributed by atoms with Crippen LogP contribution in [0.1, 0.15) is 25.3 Å². The fourth-order valence-electron chi connectivity index (χ4n) is 3.21. The normalized spacial score (nSPS) is 27.8. The minimum absolute atomic E-state index is 0.0314. The van der Waals surface area contributed by atoms with E-state index < -0.39 is 5.54 Å². The highest BCUT2D eigenvalue weighted by atomic mass is 16.2. The van der Waals surface area contributed by atoms with Crippen molar-refractivity contribution in [2.75, 3.05) is 25.0 Å². The van der Waals surface area contributed by atoms with Crippen LogP contribution in [0.25, 0.3) is 0 Å². The largest absolute Gasteiger partial charge is 0.370 e. The lowest BCUT2D eigenvalue weighted by Crippen LogP contribution is -2.47. The summed E-state index contributed by atoms with van der Waals surface area (Å²) < 4.78 is 0. The molecule has 1 aromatic rings. The standard InChI is InChI=1S/C17H21N5O/c1-17(9-15(23)21(2)16(19)20-17)13-4-3-5-14(8-13)22-7-6-12(10-18)11-22/h3-5,8,12H,6-7,9,11H2,1-2H3,(H2,19,20)/t12?,17-/m0/s1.